The maximum atomic E-state index is 11.2. The van der Waals surface area contributed by atoms with Gasteiger partial charge in [0.05, 0.1) is 11.3 Å². The summed E-state index contributed by atoms with van der Waals surface area (Å²) in [6.45, 7) is 6.11. The Hall–Kier alpha value is -3.99. The molecule has 2 unspecified atom stereocenters. The predicted molar refractivity (Wildman–Crippen MR) is 139 cm³/mol. The van der Waals surface area contributed by atoms with Crippen LogP contribution in [-0.2, 0) is 0 Å². The molecule has 2 N–H and O–H groups in total. The van der Waals surface area contributed by atoms with Gasteiger partial charge in [0.1, 0.15) is 0 Å². The first-order valence-electron chi connectivity index (χ1n) is 11.8. The second kappa shape index (κ2) is 10.5. The van der Waals surface area contributed by atoms with Crippen LogP contribution in [0.1, 0.15) is 52.1 Å². The van der Waals surface area contributed by atoms with Crippen LogP contribution in [0.15, 0.2) is 90.1 Å². The summed E-state index contributed by atoms with van der Waals surface area (Å²) in [5.41, 5.74) is 6.74. The molecule has 1 aliphatic carbocycles. The lowest BCUT2D eigenvalue weighted by molar-refractivity contribution is 0.0697. The molecular formula is C30H30N2O3. The Kier molecular flexibility index (Phi) is 7.25. The molecule has 35 heavy (non-hydrogen) atoms. The number of aromatic nitrogens is 1. The Morgan fingerprint density at radius 1 is 0.914 bits per heavy atom. The molecule has 0 bridgehead atoms. The first kappa shape index (κ1) is 24.1. The normalized spacial score (nSPS) is 18.4. The second-order valence-corrected chi connectivity index (χ2v) is 9.21. The van der Waals surface area contributed by atoms with Gasteiger partial charge in [-0.2, -0.15) is 0 Å². The molecule has 0 aliphatic heterocycles. The molecule has 5 nitrogen and oxygen atoms in total. The van der Waals surface area contributed by atoms with E-state index >= 15 is 0 Å². The number of aryl methyl sites for hydroxylation is 2. The van der Waals surface area contributed by atoms with Crippen molar-refractivity contribution in [3.05, 3.63) is 113 Å². The van der Waals surface area contributed by atoms with Gasteiger partial charge in [0, 0.05) is 23.4 Å². The van der Waals surface area contributed by atoms with Gasteiger partial charge in [0.15, 0.2) is 0 Å². The summed E-state index contributed by atoms with van der Waals surface area (Å²) in [6.07, 6.45) is 9.21. The molecule has 0 amide bonds. The van der Waals surface area contributed by atoms with Crippen LogP contribution in [0.2, 0.25) is 0 Å². The monoisotopic (exact) mass is 466 g/mol. The molecule has 3 atom stereocenters. The maximum absolute atomic E-state index is 11.2. The highest BCUT2D eigenvalue weighted by Crippen LogP contribution is 2.38. The molecule has 2 aromatic carbocycles. The summed E-state index contributed by atoms with van der Waals surface area (Å²) in [5.74, 6) is -0.232. The summed E-state index contributed by atoms with van der Waals surface area (Å²) in [5, 5.41) is 22.8. The number of carboxylic acid groups (broad SMARTS) is 1. The zero-order chi connectivity index (χ0) is 24.9. The van der Waals surface area contributed by atoms with Gasteiger partial charge in [0.25, 0.3) is 0 Å². The molecule has 178 valence electrons. The highest BCUT2D eigenvalue weighted by Gasteiger charge is 2.28. The van der Waals surface area contributed by atoms with E-state index in [1.54, 1.807) is 12.1 Å². The van der Waals surface area contributed by atoms with Crippen molar-refractivity contribution >= 4 is 11.7 Å². The van der Waals surface area contributed by atoms with E-state index in [4.69, 9.17) is 5.11 Å². The molecule has 0 radical (unpaired) electrons. The summed E-state index contributed by atoms with van der Waals surface area (Å²) in [6, 6.07) is 19.2. The quantitative estimate of drug-likeness (QED) is 0.228. The molecule has 3 aromatic rings. The van der Waals surface area contributed by atoms with Gasteiger partial charge in [-0.3, -0.25) is 4.98 Å². The number of pyridine rings is 1. The van der Waals surface area contributed by atoms with Crippen molar-refractivity contribution in [3.63, 3.8) is 0 Å². The average Bonchev–Trinajstić information content (AvgIpc) is 2.85. The summed E-state index contributed by atoms with van der Waals surface area (Å²) in [4.78, 5) is 15.6. The number of hydrogen-bond donors (Lipinski definition) is 2. The lowest BCUT2D eigenvalue weighted by atomic mass is 9.73. The standard InChI is InChI=1S/C30H30N2O3/c1-19-6-4-5-7-27(19)28(18-29(32-35)26-16-20(2)31-21(3)17-26)24-12-8-22(9-13-24)23-10-14-25(15-11-23)30(33)34/h4-17,19,27-28,35H,18H2,1-3H3,(H,33,34)/b32-29+/t19?,27?,28-/m1/s1. The van der Waals surface area contributed by atoms with E-state index < -0.39 is 5.97 Å². The minimum absolute atomic E-state index is 0.106. The van der Waals surface area contributed by atoms with Crippen molar-refractivity contribution in [2.24, 2.45) is 17.0 Å². The van der Waals surface area contributed by atoms with E-state index in [0.717, 1.165) is 33.6 Å². The molecule has 0 saturated carbocycles. The van der Waals surface area contributed by atoms with Gasteiger partial charge in [-0.25, -0.2) is 4.79 Å². The van der Waals surface area contributed by atoms with Crippen molar-refractivity contribution in [3.8, 4) is 11.1 Å². The number of carbonyl (C=O) groups is 1. The van der Waals surface area contributed by atoms with Gasteiger partial charge in [-0.15, -0.1) is 0 Å². The van der Waals surface area contributed by atoms with E-state index in [0.29, 0.717) is 18.1 Å². The van der Waals surface area contributed by atoms with Crippen molar-refractivity contribution in [2.75, 3.05) is 0 Å². The number of aromatic carboxylic acids is 1. The second-order valence-electron chi connectivity index (χ2n) is 9.21. The Bertz CT molecular complexity index is 1270. The first-order chi connectivity index (χ1) is 16.9. The fourth-order valence-electron chi connectivity index (χ4n) is 4.87. The molecular weight excluding hydrogens is 436 g/mol. The lowest BCUT2D eigenvalue weighted by Gasteiger charge is -2.30. The zero-order valence-electron chi connectivity index (χ0n) is 20.2. The minimum atomic E-state index is -0.931. The number of rotatable bonds is 7. The van der Waals surface area contributed by atoms with Crippen LogP contribution in [0.4, 0.5) is 0 Å². The number of oxime groups is 1. The summed E-state index contributed by atoms with van der Waals surface area (Å²) >= 11 is 0. The molecule has 5 heteroatoms. The van der Waals surface area contributed by atoms with Crippen molar-refractivity contribution in [1.82, 2.24) is 4.98 Å². The van der Waals surface area contributed by atoms with Crippen LogP contribution in [0, 0.1) is 25.7 Å². The van der Waals surface area contributed by atoms with E-state index in [2.05, 4.69) is 65.6 Å². The van der Waals surface area contributed by atoms with Gasteiger partial charge in [-0.05, 0) is 72.6 Å². The Morgan fingerprint density at radius 2 is 1.49 bits per heavy atom. The molecule has 0 spiro atoms. The van der Waals surface area contributed by atoms with Crippen LogP contribution in [0.3, 0.4) is 0 Å². The van der Waals surface area contributed by atoms with E-state index in [9.17, 15) is 10.0 Å². The van der Waals surface area contributed by atoms with E-state index in [1.165, 1.54) is 0 Å². The van der Waals surface area contributed by atoms with Crippen LogP contribution < -0.4 is 0 Å². The third kappa shape index (κ3) is 5.57. The van der Waals surface area contributed by atoms with Crippen LogP contribution >= 0.6 is 0 Å². The fourth-order valence-corrected chi connectivity index (χ4v) is 4.87. The summed E-state index contributed by atoms with van der Waals surface area (Å²) in [7, 11) is 0. The van der Waals surface area contributed by atoms with Crippen molar-refractivity contribution in [2.45, 2.75) is 33.1 Å². The highest BCUT2D eigenvalue weighted by molar-refractivity contribution is 6.00. The average molecular weight is 467 g/mol. The number of hydrogen-bond acceptors (Lipinski definition) is 4. The van der Waals surface area contributed by atoms with E-state index in [-0.39, 0.29) is 17.4 Å². The minimum Gasteiger partial charge on any atom is -0.478 e. The van der Waals surface area contributed by atoms with Gasteiger partial charge in [-0.1, -0.05) is 72.8 Å². The molecule has 1 aromatic heterocycles. The molecule has 4 rings (SSSR count). The third-order valence-corrected chi connectivity index (χ3v) is 6.68. The van der Waals surface area contributed by atoms with Crippen LogP contribution in [0.25, 0.3) is 11.1 Å². The summed E-state index contributed by atoms with van der Waals surface area (Å²) < 4.78 is 0. The Balaban J connectivity index is 1.67. The molecule has 0 fully saturated rings. The number of allylic oxidation sites excluding steroid dienone is 4. The number of nitrogens with zero attached hydrogens (tertiary/aromatic N) is 2. The van der Waals surface area contributed by atoms with E-state index in [1.807, 2.05) is 38.1 Å². The first-order valence-corrected chi connectivity index (χ1v) is 11.8. The van der Waals surface area contributed by atoms with Gasteiger partial charge in [0.2, 0.25) is 0 Å². The molecule has 0 saturated heterocycles. The molecule has 1 aliphatic rings. The van der Waals surface area contributed by atoms with Crippen LogP contribution in [-0.4, -0.2) is 27.0 Å². The van der Waals surface area contributed by atoms with Crippen molar-refractivity contribution in [1.29, 1.82) is 0 Å². The maximum Gasteiger partial charge on any atom is 0.335 e. The lowest BCUT2D eigenvalue weighted by Crippen LogP contribution is -2.22. The fraction of sp³-hybridized carbons (Fsp3) is 0.233. The smallest absolute Gasteiger partial charge is 0.335 e. The predicted octanol–water partition coefficient (Wildman–Crippen LogP) is 6.79. The number of carboxylic acids is 1. The van der Waals surface area contributed by atoms with Crippen LogP contribution in [0.5, 0.6) is 0 Å². The largest absolute Gasteiger partial charge is 0.478 e. The topological polar surface area (TPSA) is 82.8 Å². The zero-order valence-corrected chi connectivity index (χ0v) is 20.2. The molecule has 1 heterocycles. The Labute approximate surface area is 206 Å². The highest BCUT2D eigenvalue weighted by atomic mass is 16.4. The number of benzene rings is 2. The van der Waals surface area contributed by atoms with Gasteiger partial charge >= 0.3 is 5.97 Å². The third-order valence-electron chi connectivity index (χ3n) is 6.68. The SMILES string of the molecule is Cc1cc(/C(C[C@H](c2ccc(-c3ccc(C(=O)O)cc3)cc2)C2C=CC=CC2C)=N/O)cc(C)n1. The van der Waals surface area contributed by atoms with Crippen molar-refractivity contribution < 1.29 is 15.1 Å². The Morgan fingerprint density at radius 3 is 2.03 bits per heavy atom. The van der Waals surface area contributed by atoms with Gasteiger partial charge < -0.3 is 10.3 Å².